The van der Waals surface area contributed by atoms with Crippen LogP contribution < -0.4 is 5.32 Å². The molecule has 0 fully saturated rings. The van der Waals surface area contributed by atoms with Gasteiger partial charge in [0.25, 0.3) is 0 Å². The van der Waals surface area contributed by atoms with Crippen LogP contribution in [0.1, 0.15) is 37.7 Å². The molecule has 5 nitrogen and oxygen atoms in total. The summed E-state index contributed by atoms with van der Waals surface area (Å²) in [4.78, 5) is 12.1. The Hall–Kier alpha value is -1.37. The van der Waals surface area contributed by atoms with Crippen LogP contribution in [0.4, 0.5) is 0 Å². The van der Waals surface area contributed by atoms with Crippen molar-refractivity contribution in [3.8, 4) is 0 Å². The van der Waals surface area contributed by atoms with Crippen LogP contribution in [0.2, 0.25) is 5.02 Å². The number of amides is 1. The van der Waals surface area contributed by atoms with E-state index in [-0.39, 0.29) is 12.5 Å². The molecule has 1 aliphatic carbocycles. The summed E-state index contributed by atoms with van der Waals surface area (Å²) in [5.74, 6) is -0.307. The normalized spacial score (nSPS) is 15.1. The van der Waals surface area contributed by atoms with E-state index in [4.69, 9.17) is 11.6 Å². The SMILES string of the molecule is CS(=O)(=O)N(CCC1=CCCCC1)CC(=O)NCc1ccc(Cl)cc1. The number of sulfonamides is 1. The van der Waals surface area contributed by atoms with Gasteiger partial charge in [0.15, 0.2) is 0 Å². The Labute approximate surface area is 155 Å². The Bertz CT molecular complexity index is 714. The summed E-state index contributed by atoms with van der Waals surface area (Å²) in [6.45, 7) is 0.539. The monoisotopic (exact) mass is 384 g/mol. The smallest absolute Gasteiger partial charge is 0.235 e. The van der Waals surface area contributed by atoms with Crippen molar-refractivity contribution < 1.29 is 13.2 Å². The van der Waals surface area contributed by atoms with Crippen LogP contribution in [0.5, 0.6) is 0 Å². The molecule has 1 aromatic carbocycles. The van der Waals surface area contributed by atoms with E-state index in [0.29, 0.717) is 24.5 Å². The minimum absolute atomic E-state index is 0.153. The summed E-state index contributed by atoms with van der Waals surface area (Å²) in [7, 11) is -3.42. The molecule has 138 valence electrons. The predicted octanol–water partition coefficient (Wildman–Crippen LogP) is 3.11. The van der Waals surface area contributed by atoms with Gasteiger partial charge in [0, 0.05) is 18.1 Å². The summed E-state index contributed by atoms with van der Waals surface area (Å²) < 4.78 is 25.2. The predicted molar refractivity (Wildman–Crippen MR) is 101 cm³/mol. The van der Waals surface area contributed by atoms with Gasteiger partial charge in [0.1, 0.15) is 0 Å². The highest BCUT2D eigenvalue weighted by molar-refractivity contribution is 7.88. The van der Waals surface area contributed by atoms with Crippen LogP contribution in [0, 0.1) is 0 Å². The highest BCUT2D eigenvalue weighted by atomic mass is 35.5. The number of nitrogens with one attached hydrogen (secondary N) is 1. The number of benzene rings is 1. The van der Waals surface area contributed by atoms with Crippen molar-refractivity contribution in [1.82, 2.24) is 9.62 Å². The molecule has 0 bridgehead atoms. The maximum Gasteiger partial charge on any atom is 0.235 e. The van der Waals surface area contributed by atoms with Crippen LogP contribution in [-0.2, 0) is 21.4 Å². The van der Waals surface area contributed by atoms with Gasteiger partial charge in [-0.3, -0.25) is 4.79 Å². The van der Waals surface area contributed by atoms with Crippen molar-refractivity contribution in [1.29, 1.82) is 0 Å². The van der Waals surface area contributed by atoms with Crippen LogP contribution in [0.3, 0.4) is 0 Å². The van der Waals surface area contributed by atoms with E-state index in [0.717, 1.165) is 31.1 Å². The lowest BCUT2D eigenvalue weighted by atomic mass is 9.97. The van der Waals surface area contributed by atoms with Crippen molar-refractivity contribution in [3.05, 3.63) is 46.5 Å². The summed E-state index contributed by atoms with van der Waals surface area (Å²) in [5, 5.41) is 3.39. The lowest BCUT2D eigenvalue weighted by molar-refractivity contribution is -0.121. The van der Waals surface area contributed by atoms with Crippen LogP contribution in [0.25, 0.3) is 0 Å². The van der Waals surface area contributed by atoms with E-state index in [1.165, 1.54) is 16.3 Å². The molecular weight excluding hydrogens is 360 g/mol. The van der Waals surface area contributed by atoms with Crippen LogP contribution in [0.15, 0.2) is 35.9 Å². The molecule has 0 saturated carbocycles. The average Bonchev–Trinajstić information content (AvgIpc) is 2.58. The van der Waals surface area contributed by atoms with E-state index in [2.05, 4.69) is 11.4 Å². The molecule has 1 amide bonds. The first-order valence-corrected chi connectivity index (χ1v) is 10.7. The van der Waals surface area contributed by atoms with Gasteiger partial charge in [0.05, 0.1) is 12.8 Å². The number of hydrogen-bond donors (Lipinski definition) is 1. The van der Waals surface area contributed by atoms with Gasteiger partial charge in [-0.15, -0.1) is 0 Å². The second-order valence-corrected chi connectivity index (χ2v) is 8.78. The van der Waals surface area contributed by atoms with Gasteiger partial charge in [-0.25, -0.2) is 8.42 Å². The number of hydrogen-bond acceptors (Lipinski definition) is 3. The highest BCUT2D eigenvalue weighted by Gasteiger charge is 2.20. The van der Waals surface area contributed by atoms with E-state index < -0.39 is 10.0 Å². The van der Waals surface area contributed by atoms with Crippen molar-refractivity contribution in [2.24, 2.45) is 0 Å². The topological polar surface area (TPSA) is 66.5 Å². The van der Waals surface area contributed by atoms with Crippen molar-refractivity contribution in [3.63, 3.8) is 0 Å². The second-order valence-electron chi connectivity index (χ2n) is 6.36. The fraction of sp³-hybridized carbons (Fsp3) is 0.500. The van der Waals surface area contributed by atoms with E-state index in [1.54, 1.807) is 12.1 Å². The van der Waals surface area contributed by atoms with Gasteiger partial charge in [-0.1, -0.05) is 35.4 Å². The van der Waals surface area contributed by atoms with Crippen molar-refractivity contribution in [2.45, 2.75) is 38.6 Å². The van der Waals surface area contributed by atoms with Gasteiger partial charge >= 0.3 is 0 Å². The number of rotatable bonds is 8. The average molecular weight is 385 g/mol. The second kappa shape index (κ2) is 9.36. The molecule has 0 aliphatic heterocycles. The summed E-state index contributed by atoms with van der Waals surface area (Å²) in [5.41, 5.74) is 2.21. The highest BCUT2D eigenvalue weighted by Crippen LogP contribution is 2.20. The Kier molecular flexibility index (Phi) is 7.47. The number of allylic oxidation sites excluding steroid dienone is 1. The van der Waals surface area contributed by atoms with E-state index in [1.807, 2.05) is 12.1 Å². The Morgan fingerprint density at radius 3 is 2.56 bits per heavy atom. The molecule has 1 aliphatic rings. The Morgan fingerprint density at radius 2 is 1.96 bits per heavy atom. The Balaban J connectivity index is 1.86. The summed E-state index contributed by atoms with van der Waals surface area (Å²) >= 11 is 5.83. The first kappa shape index (κ1) is 19.9. The van der Waals surface area contributed by atoms with Gasteiger partial charge in [-0.05, 0) is 49.8 Å². The third-order valence-corrected chi connectivity index (χ3v) is 5.76. The van der Waals surface area contributed by atoms with Crippen molar-refractivity contribution in [2.75, 3.05) is 19.3 Å². The molecule has 0 unspecified atom stereocenters. The van der Waals surface area contributed by atoms with E-state index >= 15 is 0 Å². The zero-order chi connectivity index (χ0) is 18.3. The molecule has 0 atom stereocenters. The minimum Gasteiger partial charge on any atom is -0.351 e. The molecule has 25 heavy (non-hydrogen) atoms. The molecule has 7 heteroatoms. The summed E-state index contributed by atoms with van der Waals surface area (Å²) in [6.07, 6.45) is 8.49. The third kappa shape index (κ3) is 7.18. The largest absolute Gasteiger partial charge is 0.351 e. The quantitative estimate of drug-likeness (QED) is 0.700. The fourth-order valence-corrected chi connectivity index (χ4v) is 3.68. The maximum atomic E-state index is 12.1. The van der Waals surface area contributed by atoms with Crippen molar-refractivity contribution >= 4 is 27.5 Å². The fourth-order valence-electron chi connectivity index (χ4n) is 2.78. The molecule has 1 N–H and O–H groups in total. The Morgan fingerprint density at radius 1 is 1.24 bits per heavy atom. The molecule has 0 spiro atoms. The first-order chi connectivity index (χ1) is 11.8. The molecule has 2 rings (SSSR count). The standard InChI is InChI=1S/C18H25ClN2O3S/c1-25(23,24)21(12-11-15-5-3-2-4-6-15)14-18(22)20-13-16-7-9-17(19)10-8-16/h5,7-10H,2-4,6,11-14H2,1H3,(H,20,22). The molecule has 0 heterocycles. The molecule has 0 saturated heterocycles. The third-order valence-electron chi connectivity index (χ3n) is 4.26. The van der Waals surface area contributed by atoms with Crippen LogP contribution in [-0.4, -0.2) is 38.0 Å². The minimum atomic E-state index is -3.42. The zero-order valence-corrected chi connectivity index (χ0v) is 16.1. The number of halogens is 1. The number of carbonyl (C=O) groups is 1. The van der Waals surface area contributed by atoms with Crippen LogP contribution >= 0.6 is 11.6 Å². The van der Waals surface area contributed by atoms with Gasteiger partial charge < -0.3 is 5.32 Å². The summed E-state index contributed by atoms with van der Waals surface area (Å²) in [6, 6.07) is 7.16. The first-order valence-electron chi connectivity index (χ1n) is 8.49. The molecule has 0 radical (unpaired) electrons. The molecular formula is C18H25ClN2O3S. The van der Waals surface area contributed by atoms with Gasteiger partial charge in [-0.2, -0.15) is 4.31 Å². The maximum absolute atomic E-state index is 12.1. The zero-order valence-electron chi connectivity index (χ0n) is 14.5. The van der Waals surface area contributed by atoms with E-state index in [9.17, 15) is 13.2 Å². The molecule has 1 aromatic rings. The van der Waals surface area contributed by atoms with Gasteiger partial charge in [0.2, 0.25) is 15.9 Å². The lowest BCUT2D eigenvalue weighted by Crippen LogP contribution is -2.40. The lowest BCUT2D eigenvalue weighted by Gasteiger charge is -2.21. The molecule has 0 aromatic heterocycles. The number of nitrogens with zero attached hydrogens (tertiary/aromatic N) is 1. The number of carbonyl (C=O) groups excluding carboxylic acids is 1.